The summed E-state index contributed by atoms with van der Waals surface area (Å²) in [7, 11) is 1.50. The van der Waals surface area contributed by atoms with Crippen molar-refractivity contribution < 1.29 is 4.79 Å². The van der Waals surface area contributed by atoms with Gasteiger partial charge in [0.1, 0.15) is 6.29 Å². The van der Waals surface area contributed by atoms with Gasteiger partial charge in [0.2, 0.25) is 0 Å². The number of hydrogen-bond acceptors (Lipinski definition) is 3. The second-order valence-corrected chi connectivity index (χ2v) is 2.07. The molecule has 4 N–H and O–H groups in total. The highest BCUT2D eigenvalue weighted by Crippen LogP contribution is 2.00. The van der Waals surface area contributed by atoms with Crippen LogP contribution in [0.4, 0.5) is 0 Å². The summed E-state index contributed by atoms with van der Waals surface area (Å²) >= 11 is 0. The predicted molar refractivity (Wildman–Crippen MR) is 49.8 cm³/mol. The second-order valence-electron chi connectivity index (χ2n) is 2.07. The van der Waals surface area contributed by atoms with Crippen LogP contribution in [-0.4, -0.2) is 13.3 Å². The van der Waals surface area contributed by atoms with Crippen molar-refractivity contribution in [3.05, 3.63) is 35.4 Å². The second kappa shape index (κ2) is 6.52. The van der Waals surface area contributed by atoms with Crippen LogP contribution in [0.5, 0.6) is 0 Å². The minimum absolute atomic E-state index is 0.488. The van der Waals surface area contributed by atoms with Gasteiger partial charge in [-0.05, 0) is 18.7 Å². The molecule has 1 aromatic rings. The number of hydrogen-bond donors (Lipinski definition) is 2. The van der Waals surface area contributed by atoms with E-state index in [1.807, 2.05) is 12.1 Å². The fourth-order valence-corrected chi connectivity index (χ4v) is 0.793. The first-order chi connectivity index (χ1) is 5.86. The molecule has 0 aromatic heterocycles. The number of nitrogens with two attached hydrogens (primary N) is 2. The summed E-state index contributed by atoms with van der Waals surface area (Å²) in [6.45, 7) is 0.488. The van der Waals surface area contributed by atoms with Crippen LogP contribution in [0.15, 0.2) is 24.3 Å². The van der Waals surface area contributed by atoms with E-state index in [4.69, 9.17) is 5.73 Å². The summed E-state index contributed by atoms with van der Waals surface area (Å²) in [5, 5.41) is 0. The average molecular weight is 166 g/mol. The van der Waals surface area contributed by atoms with Crippen LogP contribution < -0.4 is 11.5 Å². The lowest BCUT2D eigenvalue weighted by Gasteiger charge is -1.94. The Kier molecular flexibility index (Phi) is 5.87. The van der Waals surface area contributed by atoms with Gasteiger partial charge in [0.05, 0.1) is 0 Å². The summed E-state index contributed by atoms with van der Waals surface area (Å²) in [6.07, 6.45) is 0.819. The maximum atomic E-state index is 10.2. The minimum Gasteiger partial charge on any atom is -0.333 e. The molecule has 0 unspecified atom stereocenters. The SMILES string of the molecule is CN.NCc1cccc(C=O)c1. The molecule has 0 fully saturated rings. The molecule has 0 heterocycles. The predicted octanol–water partition coefficient (Wildman–Crippen LogP) is 0.533. The Morgan fingerprint density at radius 1 is 1.42 bits per heavy atom. The van der Waals surface area contributed by atoms with E-state index in [1.165, 1.54) is 7.05 Å². The van der Waals surface area contributed by atoms with Crippen LogP contribution in [-0.2, 0) is 6.54 Å². The van der Waals surface area contributed by atoms with Crippen molar-refractivity contribution in [2.24, 2.45) is 11.5 Å². The Morgan fingerprint density at radius 3 is 2.58 bits per heavy atom. The first-order valence-electron chi connectivity index (χ1n) is 3.68. The van der Waals surface area contributed by atoms with E-state index in [0.29, 0.717) is 12.1 Å². The van der Waals surface area contributed by atoms with Crippen molar-refractivity contribution in [3.63, 3.8) is 0 Å². The number of aldehydes is 1. The number of rotatable bonds is 2. The average Bonchev–Trinajstić information content (AvgIpc) is 2.21. The van der Waals surface area contributed by atoms with Crippen LogP contribution >= 0.6 is 0 Å². The number of carbonyl (C=O) groups excluding carboxylic acids is 1. The third kappa shape index (κ3) is 3.27. The fourth-order valence-electron chi connectivity index (χ4n) is 0.793. The van der Waals surface area contributed by atoms with Crippen LogP contribution in [0, 0.1) is 0 Å². The Hall–Kier alpha value is -1.19. The van der Waals surface area contributed by atoms with Crippen LogP contribution in [0.1, 0.15) is 15.9 Å². The standard InChI is InChI=1S/C8H9NO.CH5N/c9-5-7-2-1-3-8(4-7)6-10;1-2/h1-4,6H,5,9H2;2H2,1H3. The Balaban J connectivity index is 0.000000561. The normalized spacial score (nSPS) is 8.25. The lowest BCUT2D eigenvalue weighted by atomic mass is 10.1. The molecular formula is C9H14N2O. The van der Waals surface area contributed by atoms with Crippen molar-refractivity contribution in [3.8, 4) is 0 Å². The molecule has 1 rings (SSSR count). The van der Waals surface area contributed by atoms with Crippen molar-refractivity contribution in [2.75, 3.05) is 7.05 Å². The molecule has 0 radical (unpaired) electrons. The van der Waals surface area contributed by atoms with E-state index < -0.39 is 0 Å². The highest BCUT2D eigenvalue weighted by atomic mass is 16.1. The van der Waals surface area contributed by atoms with Gasteiger partial charge >= 0.3 is 0 Å². The van der Waals surface area contributed by atoms with Gasteiger partial charge in [-0.2, -0.15) is 0 Å². The lowest BCUT2D eigenvalue weighted by molar-refractivity contribution is 0.112. The molecular weight excluding hydrogens is 152 g/mol. The molecule has 1 aromatic carbocycles. The van der Waals surface area contributed by atoms with Gasteiger partial charge in [0.25, 0.3) is 0 Å². The topological polar surface area (TPSA) is 69.1 Å². The van der Waals surface area contributed by atoms with Crippen molar-refractivity contribution in [1.82, 2.24) is 0 Å². The first kappa shape index (κ1) is 10.8. The first-order valence-corrected chi connectivity index (χ1v) is 3.68. The van der Waals surface area contributed by atoms with Gasteiger partial charge in [-0.1, -0.05) is 18.2 Å². The zero-order valence-electron chi connectivity index (χ0n) is 7.16. The minimum atomic E-state index is 0.488. The largest absolute Gasteiger partial charge is 0.333 e. The van der Waals surface area contributed by atoms with Crippen LogP contribution in [0.2, 0.25) is 0 Å². The van der Waals surface area contributed by atoms with Gasteiger partial charge in [-0.3, -0.25) is 4.79 Å². The van der Waals surface area contributed by atoms with E-state index in [0.717, 1.165) is 11.8 Å². The summed E-state index contributed by atoms with van der Waals surface area (Å²) in [5.41, 5.74) is 11.5. The molecule has 0 aliphatic heterocycles. The fraction of sp³-hybridized carbons (Fsp3) is 0.222. The quantitative estimate of drug-likeness (QED) is 0.630. The molecule has 0 saturated heterocycles. The molecule has 3 heteroatoms. The molecule has 0 atom stereocenters. The summed E-state index contributed by atoms with van der Waals surface area (Å²) in [5.74, 6) is 0. The van der Waals surface area contributed by atoms with Gasteiger partial charge < -0.3 is 11.5 Å². The highest BCUT2D eigenvalue weighted by molar-refractivity contribution is 5.74. The summed E-state index contributed by atoms with van der Waals surface area (Å²) < 4.78 is 0. The van der Waals surface area contributed by atoms with Crippen molar-refractivity contribution in [2.45, 2.75) is 6.54 Å². The van der Waals surface area contributed by atoms with E-state index in [2.05, 4.69) is 5.73 Å². The molecule has 0 aliphatic carbocycles. The zero-order valence-corrected chi connectivity index (χ0v) is 7.16. The molecule has 66 valence electrons. The Labute approximate surface area is 72.4 Å². The summed E-state index contributed by atoms with van der Waals surface area (Å²) in [4.78, 5) is 10.2. The highest BCUT2D eigenvalue weighted by Gasteiger charge is 1.90. The molecule has 0 spiro atoms. The molecule has 0 bridgehead atoms. The zero-order chi connectivity index (χ0) is 9.40. The van der Waals surface area contributed by atoms with Gasteiger partial charge in [0, 0.05) is 12.1 Å². The van der Waals surface area contributed by atoms with E-state index in [-0.39, 0.29) is 0 Å². The maximum absolute atomic E-state index is 10.2. The number of benzene rings is 1. The maximum Gasteiger partial charge on any atom is 0.150 e. The van der Waals surface area contributed by atoms with Gasteiger partial charge in [0.15, 0.2) is 0 Å². The third-order valence-electron chi connectivity index (χ3n) is 1.32. The lowest BCUT2D eigenvalue weighted by Crippen LogP contribution is -1.96. The Bertz CT molecular complexity index is 236. The molecule has 0 aliphatic rings. The van der Waals surface area contributed by atoms with Crippen LogP contribution in [0.25, 0.3) is 0 Å². The van der Waals surface area contributed by atoms with E-state index in [1.54, 1.807) is 12.1 Å². The van der Waals surface area contributed by atoms with Crippen molar-refractivity contribution in [1.29, 1.82) is 0 Å². The summed E-state index contributed by atoms with van der Waals surface area (Å²) in [6, 6.07) is 7.26. The monoisotopic (exact) mass is 166 g/mol. The van der Waals surface area contributed by atoms with Gasteiger partial charge in [-0.15, -0.1) is 0 Å². The third-order valence-corrected chi connectivity index (χ3v) is 1.32. The smallest absolute Gasteiger partial charge is 0.150 e. The van der Waals surface area contributed by atoms with Crippen LogP contribution in [0.3, 0.4) is 0 Å². The van der Waals surface area contributed by atoms with E-state index >= 15 is 0 Å². The molecule has 12 heavy (non-hydrogen) atoms. The van der Waals surface area contributed by atoms with E-state index in [9.17, 15) is 4.79 Å². The molecule has 0 saturated carbocycles. The van der Waals surface area contributed by atoms with Gasteiger partial charge in [-0.25, -0.2) is 0 Å². The molecule has 3 nitrogen and oxygen atoms in total. The number of carbonyl (C=O) groups is 1. The molecule has 0 amide bonds. The van der Waals surface area contributed by atoms with Crippen molar-refractivity contribution >= 4 is 6.29 Å². The Morgan fingerprint density at radius 2 is 2.08 bits per heavy atom.